The first-order valence-corrected chi connectivity index (χ1v) is 18.1. The number of rotatable bonds is 9. The first-order chi connectivity index (χ1) is 24.0. The van der Waals surface area contributed by atoms with Crippen LogP contribution in [0.5, 0.6) is 0 Å². The molecular formula is C39H50N6O5. The number of fused-ring (bicyclic) bond motifs is 1. The van der Waals surface area contributed by atoms with E-state index in [1.165, 1.54) is 18.2 Å². The predicted molar refractivity (Wildman–Crippen MR) is 191 cm³/mol. The van der Waals surface area contributed by atoms with Crippen molar-refractivity contribution in [2.75, 3.05) is 20.2 Å². The number of carbonyl (C=O) groups excluding carboxylic acids is 4. The largest absolute Gasteiger partial charge is 0.453 e. The van der Waals surface area contributed by atoms with E-state index in [0.717, 1.165) is 73.3 Å². The molecule has 4 amide bonds. The molecule has 266 valence electrons. The van der Waals surface area contributed by atoms with Gasteiger partial charge in [0.25, 0.3) is 0 Å². The lowest BCUT2D eigenvalue weighted by molar-refractivity contribution is -0.141. The number of nitrogens with one attached hydrogen (secondary N) is 3. The van der Waals surface area contributed by atoms with E-state index < -0.39 is 18.2 Å². The van der Waals surface area contributed by atoms with Crippen LogP contribution in [0.25, 0.3) is 22.4 Å². The van der Waals surface area contributed by atoms with Gasteiger partial charge in [0, 0.05) is 25.0 Å². The number of likely N-dealkylation sites (tertiary alicyclic amines) is 2. The van der Waals surface area contributed by atoms with Gasteiger partial charge in [-0.05, 0) is 78.7 Å². The maximum atomic E-state index is 13.5. The number of methoxy groups -OCH3 is 1. The molecule has 11 heteroatoms. The Morgan fingerprint density at radius 2 is 1.56 bits per heavy atom. The van der Waals surface area contributed by atoms with Crippen molar-refractivity contribution in [1.82, 2.24) is 30.4 Å². The zero-order valence-corrected chi connectivity index (χ0v) is 29.8. The molecule has 0 spiro atoms. The van der Waals surface area contributed by atoms with Crippen LogP contribution < -0.4 is 10.6 Å². The highest BCUT2D eigenvalue weighted by Gasteiger charge is 2.39. The highest BCUT2D eigenvalue weighted by Crippen LogP contribution is 2.34. The number of ether oxygens (including phenoxy) is 1. The van der Waals surface area contributed by atoms with Crippen LogP contribution in [0.4, 0.5) is 4.79 Å². The molecule has 3 N–H and O–H groups in total. The van der Waals surface area contributed by atoms with Gasteiger partial charge in [-0.15, -0.1) is 0 Å². The standard InChI is InChI=1S/C39H50N6O5/c1-23(2)34(43-39(49)50-5)38(48)45-19-7-9-33(45)36(46)41-30-17-16-28-20-27(14-15-29(28)21-30)25-10-12-26(13-11-25)31-22-40-35(42-31)32-8-6-18-44(32)37(47)24(3)4/h10-15,20,22-24,30,32-34H,6-9,16-19,21H2,1-5H3,(H,40,42)(H,41,46)(H,43,49)/t30?,32?,33-,34-/m0/s1. The van der Waals surface area contributed by atoms with E-state index >= 15 is 0 Å². The van der Waals surface area contributed by atoms with Gasteiger partial charge >= 0.3 is 6.09 Å². The van der Waals surface area contributed by atoms with Crippen LogP contribution in [0.3, 0.4) is 0 Å². The highest BCUT2D eigenvalue weighted by atomic mass is 16.5. The van der Waals surface area contributed by atoms with Gasteiger partial charge in [-0.2, -0.15) is 0 Å². The normalized spacial score (nSPS) is 20.9. The Morgan fingerprint density at radius 1 is 0.860 bits per heavy atom. The molecule has 1 aromatic heterocycles. The third kappa shape index (κ3) is 7.41. The minimum absolute atomic E-state index is 0.00210. The maximum absolute atomic E-state index is 13.5. The van der Waals surface area contributed by atoms with Crippen molar-refractivity contribution in [3.8, 4) is 22.4 Å². The van der Waals surface area contributed by atoms with E-state index in [9.17, 15) is 19.2 Å². The second-order valence-corrected chi connectivity index (χ2v) is 14.6. The van der Waals surface area contributed by atoms with Crippen molar-refractivity contribution < 1.29 is 23.9 Å². The number of nitrogens with zero attached hydrogens (tertiary/aromatic N) is 3. The molecule has 2 unspecified atom stereocenters. The van der Waals surface area contributed by atoms with E-state index in [1.807, 2.05) is 38.8 Å². The third-order valence-electron chi connectivity index (χ3n) is 10.5. The number of hydrogen-bond acceptors (Lipinski definition) is 6. The van der Waals surface area contributed by atoms with E-state index in [4.69, 9.17) is 4.74 Å². The topological polar surface area (TPSA) is 137 Å². The summed E-state index contributed by atoms with van der Waals surface area (Å²) in [7, 11) is 1.27. The third-order valence-corrected chi connectivity index (χ3v) is 10.5. The molecule has 50 heavy (non-hydrogen) atoms. The van der Waals surface area contributed by atoms with E-state index in [2.05, 4.69) is 63.1 Å². The SMILES string of the molecule is COC(=O)N[C@H](C(=O)N1CCC[C@H]1C(=O)NC1CCc2cc(-c3ccc(-c4cnc(C5CCCN5C(=O)C(C)C)[nH]4)cc3)ccc2C1)C(C)C. The molecular weight excluding hydrogens is 632 g/mol. The molecule has 1 aliphatic carbocycles. The molecule has 3 aromatic rings. The molecule has 3 aliphatic rings. The second-order valence-electron chi connectivity index (χ2n) is 14.6. The lowest BCUT2D eigenvalue weighted by atomic mass is 9.86. The molecule has 2 fully saturated rings. The average molecular weight is 683 g/mol. The summed E-state index contributed by atoms with van der Waals surface area (Å²) >= 11 is 0. The molecule has 0 saturated carbocycles. The number of amides is 4. The fraction of sp³-hybridized carbons (Fsp3) is 0.513. The van der Waals surface area contributed by atoms with Gasteiger partial charge in [0.1, 0.15) is 17.9 Å². The Kier molecular flexibility index (Phi) is 10.6. The van der Waals surface area contributed by atoms with Crippen molar-refractivity contribution in [3.63, 3.8) is 0 Å². The lowest BCUT2D eigenvalue weighted by Gasteiger charge is -2.32. The van der Waals surface area contributed by atoms with Gasteiger partial charge in [0.2, 0.25) is 17.7 Å². The fourth-order valence-electron chi connectivity index (χ4n) is 7.68. The summed E-state index contributed by atoms with van der Waals surface area (Å²) in [6.45, 7) is 8.89. The van der Waals surface area contributed by atoms with Gasteiger partial charge in [0.15, 0.2) is 0 Å². The Bertz CT molecular complexity index is 1720. The first kappa shape index (κ1) is 35.2. The summed E-state index contributed by atoms with van der Waals surface area (Å²) in [6.07, 6.45) is 6.88. The number of H-pyrrole nitrogens is 1. The molecule has 4 atom stereocenters. The summed E-state index contributed by atoms with van der Waals surface area (Å²) in [4.78, 5) is 63.2. The van der Waals surface area contributed by atoms with Crippen LogP contribution in [-0.4, -0.2) is 81.9 Å². The molecule has 0 bridgehead atoms. The van der Waals surface area contributed by atoms with Crippen LogP contribution in [0.1, 0.15) is 82.8 Å². The zero-order chi connectivity index (χ0) is 35.5. The first-order valence-electron chi connectivity index (χ1n) is 18.1. The van der Waals surface area contributed by atoms with Gasteiger partial charge < -0.3 is 30.2 Å². The van der Waals surface area contributed by atoms with Crippen molar-refractivity contribution in [3.05, 3.63) is 65.6 Å². The molecule has 2 aliphatic heterocycles. The van der Waals surface area contributed by atoms with Gasteiger partial charge in [-0.25, -0.2) is 9.78 Å². The Labute approximate surface area is 294 Å². The maximum Gasteiger partial charge on any atom is 0.407 e. The molecule has 2 saturated heterocycles. The number of alkyl carbamates (subject to hydrolysis) is 1. The van der Waals surface area contributed by atoms with Crippen molar-refractivity contribution in [2.45, 2.75) is 96.8 Å². The Balaban J connectivity index is 1.07. The number of carbonyl (C=O) groups is 4. The lowest BCUT2D eigenvalue weighted by Crippen LogP contribution is -2.56. The Morgan fingerprint density at radius 3 is 2.28 bits per heavy atom. The molecule has 3 heterocycles. The number of benzene rings is 2. The summed E-state index contributed by atoms with van der Waals surface area (Å²) in [6, 6.07) is 13.7. The van der Waals surface area contributed by atoms with Crippen molar-refractivity contribution >= 4 is 23.8 Å². The number of imidazole rings is 1. The average Bonchev–Trinajstić information content (AvgIpc) is 3.91. The monoisotopic (exact) mass is 682 g/mol. The number of hydrogen-bond donors (Lipinski definition) is 3. The second kappa shape index (κ2) is 15.1. The molecule has 2 aromatic carbocycles. The van der Waals surface area contributed by atoms with E-state index in [1.54, 1.807) is 4.90 Å². The van der Waals surface area contributed by atoms with E-state index in [0.29, 0.717) is 13.0 Å². The number of aromatic nitrogens is 2. The molecule has 6 rings (SSSR count). The summed E-state index contributed by atoms with van der Waals surface area (Å²) in [5.41, 5.74) is 6.78. The fourth-order valence-corrected chi connectivity index (χ4v) is 7.68. The summed E-state index contributed by atoms with van der Waals surface area (Å²) in [5.74, 6) is 0.471. The van der Waals surface area contributed by atoms with E-state index in [-0.39, 0.29) is 41.6 Å². The highest BCUT2D eigenvalue weighted by molar-refractivity contribution is 5.92. The smallest absolute Gasteiger partial charge is 0.407 e. The van der Waals surface area contributed by atoms with Gasteiger partial charge in [-0.1, -0.05) is 70.2 Å². The minimum Gasteiger partial charge on any atom is -0.453 e. The predicted octanol–water partition coefficient (Wildman–Crippen LogP) is 5.41. The Hall–Kier alpha value is -4.67. The van der Waals surface area contributed by atoms with Crippen molar-refractivity contribution in [2.24, 2.45) is 11.8 Å². The van der Waals surface area contributed by atoms with Crippen LogP contribution in [0.15, 0.2) is 48.7 Å². The van der Waals surface area contributed by atoms with Crippen LogP contribution >= 0.6 is 0 Å². The van der Waals surface area contributed by atoms with Crippen LogP contribution in [0, 0.1) is 11.8 Å². The zero-order valence-electron chi connectivity index (χ0n) is 29.8. The number of aryl methyl sites for hydroxylation is 1. The van der Waals surface area contributed by atoms with Crippen LogP contribution in [-0.2, 0) is 32.0 Å². The van der Waals surface area contributed by atoms with Crippen LogP contribution in [0.2, 0.25) is 0 Å². The summed E-state index contributed by atoms with van der Waals surface area (Å²) in [5, 5.41) is 5.87. The van der Waals surface area contributed by atoms with Gasteiger partial charge in [-0.3, -0.25) is 14.4 Å². The quantitative estimate of drug-likeness (QED) is 0.276. The molecule has 11 nitrogen and oxygen atoms in total. The summed E-state index contributed by atoms with van der Waals surface area (Å²) < 4.78 is 4.72. The number of aromatic amines is 1. The van der Waals surface area contributed by atoms with Crippen molar-refractivity contribution in [1.29, 1.82) is 0 Å². The molecule has 0 radical (unpaired) electrons. The van der Waals surface area contributed by atoms with Gasteiger partial charge in [0.05, 0.1) is 25.0 Å². The minimum atomic E-state index is -0.753.